The Morgan fingerprint density at radius 3 is 1.48 bits per heavy atom. The number of Topliss-reactive ketones (excluding diaryl/α,β-unsaturated/α-hetero) is 1. The van der Waals surface area contributed by atoms with Crippen LogP contribution in [0.4, 0.5) is 0 Å². The number of esters is 1. The van der Waals surface area contributed by atoms with Crippen LogP contribution in [0.15, 0.2) is 0 Å². The number of methoxy groups -OCH3 is 1. The minimum absolute atomic E-state index is 0. The van der Waals surface area contributed by atoms with Crippen LogP contribution in [0.1, 0.15) is 103 Å². The van der Waals surface area contributed by atoms with Crippen LogP contribution in [-0.4, -0.2) is 48.4 Å². The molecule has 0 rings (SSSR count). The zero-order valence-electron chi connectivity index (χ0n) is 14.8. The Kier molecular flexibility index (Phi) is 22.3. The van der Waals surface area contributed by atoms with Crippen LogP contribution in [0.25, 0.3) is 0 Å². The Labute approximate surface area is 165 Å². The SMILES string of the molecule is CCCCCCCCCCCCCCCC(=O)CC(=O)OC.[NaH]. The van der Waals surface area contributed by atoms with Crippen molar-refractivity contribution in [3.63, 3.8) is 0 Å². The second kappa shape index (κ2) is 20.2. The molecule has 0 saturated heterocycles. The summed E-state index contributed by atoms with van der Waals surface area (Å²) in [4.78, 5) is 22.3. The molecular weight excluding hydrogens is 299 g/mol. The predicted octanol–water partition coefficient (Wildman–Crippen LogP) is 4.95. The Bertz CT molecular complexity index is 280. The van der Waals surface area contributed by atoms with Crippen LogP contribution in [0.3, 0.4) is 0 Å². The first kappa shape index (κ1) is 25.4. The molecule has 0 aliphatic carbocycles. The van der Waals surface area contributed by atoms with Gasteiger partial charge in [-0.25, -0.2) is 0 Å². The van der Waals surface area contributed by atoms with Gasteiger partial charge in [-0.15, -0.1) is 0 Å². The van der Waals surface area contributed by atoms with Gasteiger partial charge in [0.1, 0.15) is 12.2 Å². The van der Waals surface area contributed by atoms with E-state index in [2.05, 4.69) is 11.7 Å². The van der Waals surface area contributed by atoms with E-state index in [0.717, 1.165) is 12.8 Å². The molecule has 0 bridgehead atoms. The Balaban J connectivity index is 0. The van der Waals surface area contributed by atoms with Gasteiger partial charge in [-0.2, -0.15) is 0 Å². The number of carbonyl (C=O) groups is 2. The van der Waals surface area contributed by atoms with Crippen molar-refractivity contribution in [2.45, 2.75) is 103 Å². The number of ketones is 1. The average Bonchev–Trinajstić information content (AvgIpc) is 2.51. The molecule has 0 aliphatic heterocycles. The molecule has 0 heterocycles. The summed E-state index contributed by atoms with van der Waals surface area (Å²) in [7, 11) is 1.32. The Morgan fingerprint density at radius 2 is 1.09 bits per heavy atom. The molecule has 0 aromatic carbocycles. The van der Waals surface area contributed by atoms with E-state index in [0.29, 0.717) is 6.42 Å². The van der Waals surface area contributed by atoms with E-state index < -0.39 is 5.97 Å². The van der Waals surface area contributed by atoms with Gasteiger partial charge in [-0.3, -0.25) is 9.59 Å². The van der Waals surface area contributed by atoms with Crippen molar-refractivity contribution in [2.24, 2.45) is 0 Å². The van der Waals surface area contributed by atoms with Crippen molar-refractivity contribution in [1.82, 2.24) is 0 Å². The summed E-state index contributed by atoms with van der Waals surface area (Å²) >= 11 is 0. The third kappa shape index (κ3) is 20.1. The van der Waals surface area contributed by atoms with Crippen LogP contribution < -0.4 is 0 Å². The summed E-state index contributed by atoms with van der Waals surface area (Å²) in [5, 5.41) is 0. The van der Waals surface area contributed by atoms with Gasteiger partial charge in [0, 0.05) is 6.42 Å². The van der Waals surface area contributed by atoms with Crippen LogP contribution in [-0.2, 0) is 14.3 Å². The molecule has 132 valence electrons. The van der Waals surface area contributed by atoms with Gasteiger partial charge in [0.05, 0.1) is 7.11 Å². The van der Waals surface area contributed by atoms with E-state index in [9.17, 15) is 9.59 Å². The molecule has 0 unspecified atom stereocenters. The van der Waals surface area contributed by atoms with Gasteiger partial charge >= 0.3 is 35.5 Å². The molecule has 0 atom stereocenters. The fraction of sp³-hybridized carbons (Fsp3) is 0.895. The standard InChI is InChI=1S/C19H36O3.Na.H/c1-3-4-5-6-7-8-9-10-11-12-13-14-15-16-18(20)17-19(21)22-2;;/h3-17H2,1-2H3;;. The number of carbonyl (C=O) groups excluding carboxylic acids is 2. The molecule has 0 spiro atoms. The van der Waals surface area contributed by atoms with E-state index in [1.807, 2.05) is 0 Å². The van der Waals surface area contributed by atoms with Gasteiger partial charge in [0.15, 0.2) is 0 Å². The second-order valence-electron chi connectivity index (χ2n) is 6.28. The van der Waals surface area contributed by atoms with Crippen LogP contribution in [0, 0.1) is 0 Å². The fourth-order valence-corrected chi connectivity index (χ4v) is 2.66. The minimum atomic E-state index is -0.417. The first-order valence-corrected chi connectivity index (χ1v) is 9.29. The Hall–Kier alpha value is 0.140. The molecular formula is C19H37NaO3. The third-order valence-corrected chi connectivity index (χ3v) is 4.13. The van der Waals surface area contributed by atoms with E-state index in [4.69, 9.17) is 0 Å². The van der Waals surface area contributed by atoms with Gasteiger partial charge < -0.3 is 4.74 Å². The van der Waals surface area contributed by atoms with Crippen molar-refractivity contribution < 1.29 is 14.3 Å². The third-order valence-electron chi connectivity index (χ3n) is 4.13. The molecule has 0 aliphatic rings. The summed E-state index contributed by atoms with van der Waals surface area (Å²) in [6.45, 7) is 2.26. The first-order valence-electron chi connectivity index (χ1n) is 9.29. The molecule has 0 amide bonds. The number of hydrogen-bond donors (Lipinski definition) is 0. The van der Waals surface area contributed by atoms with E-state index in [1.54, 1.807) is 0 Å². The van der Waals surface area contributed by atoms with Gasteiger partial charge in [0.2, 0.25) is 0 Å². The van der Waals surface area contributed by atoms with Gasteiger partial charge in [0.25, 0.3) is 0 Å². The summed E-state index contributed by atoms with van der Waals surface area (Å²) in [5.41, 5.74) is 0. The molecule has 0 aromatic heterocycles. The van der Waals surface area contributed by atoms with Crippen molar-refractivity contribution in [1.29, 1.82) is 0 Å². The van der Waals surface area contributed by atoms with E-state index in [1.165, 1.54) is 77.7 Å². The summed E-state index contributed by atoms with van der Waals surface area (Å²) < 4.78 is 4.48. The van der Waals surface area contributed by atoms with Crippen LogP contribution in [0.5, 0.6) is 0 Å². The van der Waals surface area contributed by atoms with Crippen molar-refractivity contribution in [3.05, 3.63) is 0 Å². The molecule has 0 saturated carbocycles. The second-order valence-corrected chi connectivity index (χ2v) is 6.28. The fourth-order valence-electron chi connectivity index (χ4n) is 2.66. The normalized spacial score (nSPS) is 10.2. The molecule has 3 nitrogen and oxygen atoms in total. The molecule has 0 radical (unpaired) electrons. The predicted molar refractivity (Wildman–Crippen MR) is 99.1 cm³/mol. The quantitative estimate of drug-likeness (QED) is 0.173. The maximum atomic E-state index is 11.4. The topological polar surface area (TPSA) is 43.4 Å². The number of ether oxygens (including phenoxy) is 1. The van der Waals surface area contributed by atoms with Crippen molar-refractivity contribution in [3.8, 4) is 0 Å². The zero-order chi connectivity index (χ0) is 16.5. The number of unbranched alkanes of at least 4 members (excludes halogenated alkanes) is 12. The summed E-state index contributed by atoms with van der Waals surface area (Å²) in [6, 6.07) is 0. The monoisotopic (exact) mass is 336 g/mol. The number of hydrogen-bond acceptors (Lipinski definition) is 3. The molecule has 0 N–H and O–H groups in total. The van der Waals surface area contributed by atoms with E-state index in [-0.39, 0.29) is 41.8 Å². The van der Waals surface area contributed by atoms with Crippen LogP contribution >= 0.6 is 0 Å². The summed E-state index contributed by atoms with van der Waals surface area (Å²) in [5.74, 6) is -0.408. The van der Waals surface area contributed by atoms with Crippen molar-refractivity contribution in [2.75, 3.05) is 7.11 Å². The maximum absolute atomic E-state index is 11.4. The molecule has 4 heteroatoms. The first-order chi connectivity index (χ1) is 10.7. The van der Waals surface area contributed by atoms with Crippen LogP contribution in [0.2, 0.25) is 0 Å². The molecule has 0 aromatic rings. The zero-order valence-corrected chi connectivity index (χ0v) is 14.8. The Morgan fingerprint density at radius 1 is 0.696 bits per heavy atom. The molecule has 23 heavy (non-hydrogen) atoms. The average molecular weight is 336 g/mol. The number of rotatable bonds is 16. The molecule has 0 fully saturated rings. The van der Waals surface area contributed by atoms with Gasteiger partial charge in [-0.05, 0) is 6.42 Å². The summed E-state index contributed by atoms with van der Waals surface area (Å²) in [6.07, 6.45) is 17.4. The van der Waals surface area contributed by atoms with Gasteiger partial charge in [-0.1, -0.05) is 84.0 Å². The van der Waals surface area contributed by atoms with E-state index >= 15 is 0 Å². The van der Waals surface area contributed by atoms with Crippen molar-refractivity contribution >= 4 is 41.3 Å².